The van der Waals surface area contributed by atoms with E-state index in [1.54, 1.807) is 5.57 Å². The normalized spacial score (nSPS) is 17.3. The van der Waals surface area contributed by atoms with Crippen molar-refractivity contribution in [3.63, 3.8) is 0 Å². The van der Waals surface area contributed by atoms with Gasteiger partial charge in [0.05, 0.1) is 0 Å². The Kier molecular flexibility index (Phi) is 13.1. The van der Waals surface area contributed by atoms with E-state index in [-0.39, 0.29) is 0 Å². The van der Waals surface area contributed by atoms with Crippen molar-refractivity contribution in [2.75, 3.05) is 0 Å². The molecule has 0 aromatic heterocycles. The molecule has 26 heavy (non-hydrogen) atoms. The maximum atomic E-state index is 4.47. The molecule has 0 aromatic carbocycles. The van der Waals surface area contributed by atoms with Crippen molar-refractivity contribution >= 4 is 0 Å². The summed E-state index contributed by atoms with van der Waals surface area (Å²) in [6, 6.07) is 0. The Hall–Kier alpha value is -0.520. The Morgan fingerprint density at radius 3 is 2.31 bits per heavy atom. The first-order chi connectivity index (χ1) is 12.6. The topological polar surface area (TPSA) is 0 Å². The van der Waals surface area contributed by atoms with E-state index in [2.05, 4.69) is 40.3 Å². The predicted octanol–water partition coefficient (Wildman–Crippen LogP) is 9.26. The summed E-state index contributed by atoms with van der Waals surface area (Å²) in [4.78, 5) is 0. The number of allylic oxidation sites excluding steroid dienone is 3. The molecule has 1 aliphatic carbocycles. The third-order valence-corrected chi connectivity index (χ3v) is 6.34. The van der Waals surface area contributed by atoms with Crippen LogP contribution in [-0.4, -0.2) is 0 Å². The average molecular weight is 361 g/mol. The molecule has 0 aromatic rings. The quantitative estimate of drug-likeness (QED) is 0.179. The lowest BCUT2D eigenvalue weighted by atomic mass is 9.87. The monoisotopic (exact) mass is 360 g/mol. The molecule has 0 nitrogen and oxygen atoms in total. The lowest BCUT2D eigenvalue weighted by Gasteiger charge is -2.19. The summed E-state index contributed by atoms with van der Waals surface area (Å²) in [5, 5.41) is 0. The minimum absolute atomic E-state index is 0.890. The van der Waals surface area contributed by atoms with Crippen LogP contribution in [0.1, 0.15) is 124 Å². The highest BCUT2D eigenvalue weighted by Gasteiger charge is 2.22. The van der Waals surface area contributed by atoms with E-state index in [0.29, 0.717) is 0 Å². The Labute approximate surface area is 165 Å². The molecular formula is C26H48. The first-order valence-corrected chi connectivity index (χ1v) is 11.9. The van der Waals surface area contributed by atoms with E-state index >= 15 is 0 Å². The zero-order chi connectivity index (χ0) is 19.2. The number of unbranched alkanes of at least 4 members (excludes halogenated alkanes) is 2. The molecule has 0 bridgehead atoms. The SMILES string of the molecule is C=C(CCC(=CCC)CC1CC1)CC(CCCC)CCCCC(C)CC. The number of hydrogen-bond donors (Lipinski definition) is 0. The van der Waals surface area contributed by atoms with Gasteiger partial charge in [0.1, 0.15) is 0 Å². The Morgan fingerprint density at radius 2 is 1.69 bits per heavy atom. The Bertz CT molecular complexity index is 385. The molecule has 0 N–H and O–H groups in total. The zero-order valence-corrected chi connectivity index (χ0v) is 18.6. The highest BCUT2D eigenvalue weighted by Crippen LogP contribution is 2.37. The van der Waals surface area contributed by atoms with Crippen molar-refractivity contribution in [1.29, 1.82) is 0 Å². The van der Waals surface area contributed by atoms with Crippen LogP contribution in [0, 0.1) is 17.8 Å². The van der Waals surface area contributed by atoms with Crippen LogP contribution in [-0.2, 0) is 0 Å². The highest BCUT2D eigenvalue weighted by molar-refractivity contribution is 5.09. The molecule has 0 aliphatic heterocycles. The van der Waals surface area contributed by atoms with Gasteiger partial charge in [0.15, 0.2) is 0 Å². The Morgan fingerprint density at radius 1 is 1.00 bits per heavy atom. The average Bonchev–Trinajstić information content (AvgIpc) is 3.44. The summed E-state index contributed by atoms with van der Waals surface area (Å²) in [5.74, 6) is 2.82. The molecule has 1 rings (SSSR count). The second-order valence-electron chi connectivity index (χ2n) is 9.18. The molecule has 2 atom stereocenters. The molecular weight excluding hydrogens is 312 g/mol. The molecule has 0 heteroatoms. The number of rotatable bonds is 17. The first kappa shape index (κ1) is 23.5. The maximum Gasteiger partial charge on any atom is -0.0283 e. The molecule has 0 heterocycles. The molecule has 0 radical (unpaired) electrons. The van der Waals surface area contributed by atoms with Gasteiger partial charge in [-0.1, -0.05) is 103 Å². The van der Waals surface area contributed by atoms with Crippen molar-refractivity contribution in [3.05, 3.63) is 23.8 Å². The van der Waals surface area contributed by atoms with Crippen molar-refractivity contribution in [2.45, 2.75) is 124 Å². The van der Waals surface area contributed by atoms with Crippen LogP contribution in [0.25, 0.3) is 0 Å². The van der Waals surface area contributed by atoms with Crippen molar-refractivity contribution < 1.29 is 0 Å². The summed E-state index contributed by atoms with van der Waals surface area (Å²) in [6.45, 7) is 13.8. The fourth-order valence-corrected chi connectivity index (χ4v) is 4.09. The van der Waals surface area contributed by atoms with Crippen LogP contribution in [0.3, 0.4) is 0 Å². The minimum atomic E-state index is 0.890. The van der Waals surface area contributed by atoms with E-state index in [0.717, 1.165) is 17.8 Å². The summed E-state index contributed by atoms with van der Waals surface area (Å²) in [5.41, 5.74) is 3.24. The van der Waals surface area contributed by atoms with Gasteiger partial charge in [0.2, 0.25) is 0 Å². The third kappa shape index (κ3) is 12.0. The van der Waals surface area contributed by atoms with Gasteiger partial charge in [-0.05, 0) is 62.7 Å². The van der Waals surface area contributed by atoms with Crippen molar-refractivity contribution in [1.82, 2.24) is 0 Å². The van der Waals surface area contributed by atoms with E-state index in [1.165, 1.54) is 102 Å². The number of hydrogen-bond acceptors (Lipinski definition) is 0. The van der Waals surface area contributed by atoms with Gasteiger partial charge in [-0.15, -0.1) is 0 Å². The van der Waals surface area contributed by atoms with Crippen molar-refractivity contribution in [2.24, 2.45) is 17.8 Å². The van der Waals surface area contributed by atoms with E-state index < -0.39 is 0 Å². The molecule has 1 aliphatic rings. The summed E-state index contributed by atoms with van der Waals surface area (Å²) >= 11 is 0. The first-order valence-electron chi connectivity index (χ1n) is 11.9. The van der Waals surface area contributed by atoms with Gasteiger partial charge < -0.3 is 0 Å². The smallest absolute Gasteiger partial charge is 0.0283 e. The van der Waals surface area contributed by atoms with Crippen LogP contribution < -0.4 is 0 Å². The fourth-order valence-electron chi connectivity index (χ4n) is 4.09. The summed E-state index contributed by atoms with van der Waals surface area (Å²) in [7, 11) is 0. The molecule has 2 unspecified atom stereocenters. The zero-order valence-electron chi connectivity index (χ0n) is 18.6. The molecule has 1 fully saturated rings. The van der Waals surface area contributed by atoms with Gasteiger partial charge >= 0.3 is 0 Å². The van der Waals surface area contributed by atoms with Crippen LogP contribution in [0.2, 0.25) is 0 Å². The Balaban J connectivity index is 2.31. The molecule has 0 amide bonds. The van der Waals surface area contributed by atoms with Gasteiger partial charge in [0, 0.05) is 0 Å². The summed E-state index contributed by atoms with van der Waals surface area (Å²) in [6.07, 6.45) is 23.0. The second-order valence-corrected chi connectivity index (χ2v) is 9.18. The van der Waals surface area contributed by atoms with E-state index in [4.69, 9.17) is 0 Å². The van der Waals surface area contributed by atoms with Crippen LogP contribution >= 0.6 is 0 Å². The van der Waals surface area contributed by atoms with Crippen molar-refractivity contribution in [3.8, 4) is 0 Å². The molecule has 0 spiro atoms. The second kappa shape index (κ2) is 14.5. The standard InChI is InChI=1S/C26H48/c1-6-9-14-25(15-11-10-13-22(4)8-3)20-23(5)16-17-24(12-7-2)21-26-18-19-26/h12,22,25-26H,5-11,13-21H2,1-4H3. The van der Waals surface area contributed by atoms with Gasteiger partial charge in [0.25, 0.3) is 0 Å². The third-order valence-electron chi connectivity index (χ3n) is 6.34. The van der Waals surface area contributed by atoms with E-state index in [1.807, 2.05) is 0 Å². The lowest BCUT2D eigenvalue weighted by Crippen LogP contribution is -2.04. The molecule has 1 saturated carbocycles. The fraction of sp³-hybridized carbons (Fsp3) is 0.846. The molecule has 0 saturated heterocycles. The van der Waals surface area contributed by atoms with Gasteiger partial charge in [-0.25, -0.2) is 0 Å². The van der Waals surface area contributed by atoms with Gasteiger partial charge in [-0.3, -0.25) is 0 Å². The van der Waals surface area contributed by atoms with Crippen LogP contribution in [0.4, 0.5) is 0 Å². The maximum absolute atomic E-state index is 4.47. The largest absolute Gasteiger partial charge is 0.0998 e. The highest BCUT2D eigenvalue weighted by atomic mass is 14.3. The summed E-state index contributed by atoms with van der Waals surface area (Å²) < 4.78 is 0. The van der Waals surface area contributed by atoms with Gasteiger partial charge in [-0.2, -0.15) is 0 Å². The van der Waals surface area contributed by atoms with E-state index in [9.17, 15) is 0 Å². The lowest BCUT2D eigenvalue weighted by molar-refractivity contribution is 0.391. The predicted molar refractivity (Wildman–Crippen MR) is 120 cm³/mol. The van der Waals surface area contributed by atoms with Crippen LogP contribution in [0.5, 0.6) is 0 Å². The minimum Gasteiger partial charge on any atom is -0.0998 e. The van der Waals surface area contributed by atoms with Crippen LogP contribution in [0.15, 0.2) is 23.8 Å². The molecule has 152 valence electrons.